The van der Waals surface area contributed by atoms with Crippen LogP contribution in [0.2, 0.25) is 0 Å². The van der Waals surface area contributed by atoms with Gasteiger partial charge in [0.25, 0.3) is 5.91 Å². The predicted octanol–water partition coefficient (Wildman–Crippen LogP) is 5.14. The summed E-state index contributed by atoms with van der Waals surface area (Å²) in [5.41, 5.74) is 2.30. The van der Waals surface area contributed by atoms with Gasteiger partial charge in [-0.1, -0.05) is 41.7 Å². The molecule has 2 aliphatic heterocycles. The number of carbonyl (C=O) groups excluding carboxylic acids is 3. The number of thioether (sulfide) groups is 1. The summed E-state index contributed by atoms with van der Waals surface area (Å²) in [4.78, 5) is 58.1. The quantitative estimate of drug-likeness (QED) is 0.269. The summed E-state index contributed by atoms with van der Waals surface area (Å²) in [5, 5.41) is 3.78. The third-order valence-electron chi connectivity index (χ3n) is 9.72. The van der Waals surface area contributed by atoms with Gasteiger partial charge in [0, 0.05) is 21.7 Å². The molecular formula is C34H29N3O6S2. The summed E-state index contributed by atoms with van der Waals surface area (Å²) < 4.78 is 11.0. The second kappa shape index (κ2) is 10.9. The fourth-order valence-electron chi connectivity index (χ4n) is 8.01. The molecule has 228 valence electrons. The zero-order valence-corrected chi connectivity index (χ0v) is 25.8. The van der Waals surface area contributed by atoms with E-state index < -0.39 is 0 Å². The summed E-state index contributed by atoms with van der Waals surface area (Å²) in [6, 6.07) is 24.0. The fraction of sp³-hybridized carbons (Fsp3) is 0.294. The van der Waals surface area contributed by atoms with Gasteiger partial charge in [-0.25, -0.2) is 0 Å². The van der Waals surface area contributed by atoms with Gasteiger partial charge in [0.1, 0.15) is 11.5 Å². The second-order valence-corrected chi connectivity index (χ2v) is 14.1. The molecule has 1 aromatic heterocycles. The number of rotatable bonds is 7. The number of imide groups is 1. The lowest BCUT2D eigenvalue weighted by molar-refractivity contribution is -0.123. The Kier molecular flexibility index (Phi) is 6.83. The highest BCUT2D eigenvalue weighted by Crippen LogP contribution is 2.68. The number of hydrogen-bond acceptors (Lipinski definition) is 8. The van der Waals surface area contributed by atoms with Gasteiger partial charge in [-0.05, 0) is 78.3 Å². The summed E-state index contributed by atoms with van der Waals surface area (Å²) in [6.07, 6.45) is 0.818. The molecule has 2 N–H and O–H groups in total. The summed E-state index contributed by atoms with van der Waals surface area (Å²) >= 11 is 2.89. The number of para-hydroxylation sites is 1. The molecule has 11 heteroatoms. The molecule has 3 fully saturated rings. The normalized spacial score (nSPS) is 27.6. The Labute approximate surface area is 266 Å². The van der Waals surface area contributed by atoms with Gasteiger partial charge in [-0.3, -0.25) is 24.1 Å². The van der Waals surface area contributed by atoms with Crippen LogP contribution in [-0.4, -0.2) is 41.7 Å². The zero-order chi connectivity index (χ0) is 30.8. The smallest absolute Gasteiger partial charge is 0.305 e. The number of thiazole rings is 1. The number of aromatic nitrogens is 1. The number of methoxy groups -OCH3 is 1. The molecule has 3 amide bonds. The van der Waals surface area contributed by atoms with Crippen LogP contribution in [0, 0.1) is 29.6 Å². The third-order valence-corrected chi connectivity index (χ3v) is 12.3. The lowest BCUT2D eigenvalue weighted by atomic mass is 9.68. The van der Waals surface area contributed by atoms with Gasteiger partial charge < -0.3 is 19.8 Å². The molecule has 9 nitrogen and oxygen atoms in total. The van der Waals surface area contributed by atoms with E-state index in [1.807, 2.05) is 54.6 Å². The van der Waals surface area contributed by atoms with Gasteiger partial charge >= 0.3 is 4.87 Å². The number of aromatic amines is 1. The lowest BCUT2D eigenvalue weighted by Crippen LogP contribution is -2.42. The molecule has 8 rings (SSSR count). The number of carbonyl (C=O) groups is 3. The third kappa shape index (κ3) is 4.59. The highest BCUT2D eigenvalue weighted by Gasteiger charge is 2.69. The molecule has 2 aliphatic carbocycles. The molecule has 4 aliphatic rings. The number of fused-ring (bicyclic) bond motifs is 9. The number of nitrogens with one attached hydrogen (secondary N) is 2. The van der Waals surface area contributed by atoms with Gasteiger partial charge in [0.05, 0.1) is 29.7 Å². The number of ether oxygens (including phenoxy) is 2. The predicted molar refractivity (Wildman–Crippen MR) is 171 cm³/mol. The Morgan fingerprint density at radius 2 is 1.60 bits per heavy atom. The monoisotopic (exact) mass is 639 g/mol. The van der Waals surface area contributed by atoms with E-state index in [1.54, 1.807) is 43.1 Å². The molecular weight excluding hydrogens is 611 g/mol. The first-order valence-electron chi connectivity index (χ1n) is 14.9. The van der Waals surface area contributed by atoms with Gasteiger partial charge in [0.15, 0.2) is 6.61 Å². The van der Waals surface area contributed by atoms with E-state index in [4.69, 9.17) is 9.47 Å². The van der Waals surface area contributed by atoms with E-state index in [1.165, 1.54) is 16.2 Å². The van der Waals surface area contributed by atoms with Crippen LogP contribution >= 0.6 is 23.1 Å². The minimum Gasteiger partial charge on any atom is -0.497 e. The Bertz CT molecular complexity index is 1860. The van der Waals surface area contributed by atoms with Crippen molar-refractivity contribution < 1.29 is 23.9 Å². The molecule has 45 heavy (non-hydrogen) atoms. The molecule has 2 saturated carbocycles. The van der Waals surface area contributed by atoms with Crippen LogP contribution < -0.4 is 24.6 Å². The maximum Gasteiger partial charge on any atom is 0.305 e. The van der Waals surface area contributed by atoms with Crippen molar-refractivity contribution >= 4 is 52.2 Å². The van der Waals surface area contributed by atoms with Crippen molar-refractivity contribution in [2.75, 3.05) is 23.9 Å². The lowest BCUT2D eigenvalue weighted by Gasteiger charge is -2.43. The first-order chi connectivity index (χ1) is 21.9. The molecule has 2 bridgehead atoms. The van der Waals surface area contributed by atoms with E-state index in [0.29, 0.717) is 22.9 Å². The van der Waals surface area contributed by atoms with Crippen molar-refractivity contribution in [3.8, 4) is 11.5 Å². The first-order valence-corrected chi connectivity index (χ1v) is 16.6. The largest absolute Gasteiger partial charge is 0.497 e. The van der Waals surface area contributed by atoms with Crippen LogP contribution in [0.5, 0.6) is 11.5 Å². The first kappa shape index (κ1) is 28.1. The van der Waals surface area contributed by atoms with Crippen molar-refractivity contribution in [1.82, 2.24) is 4.98 Å². The van der Waals surface area contributed by atoms with Crippen LogP contribution in [-0.2, 0) is 14.4 Å². The average Bonchev–Trinajstić information content (AvgIpc) is 3.79. The number of anilines is 2. The summed E-state index contributed by atoms with van der Waals surface area (Å²) in [7, 11) is 1.58. The minimum atomic E-state index is -0.378. The van der Waals surface area contributed by atoms with Crippen molar-refractivity contribution in [1.29, 1.82) is 0 Å². The molecule has 4 unspecified atom stereocenters. The number of H-pyrrole nitrogens is 1. The Morgan fingerprint density at radius 1 is 0.911 bits per heavy atom. The van der Waals surface area contributed by atoms with Crippen molar-refractivity contribution in [3.63, 3.8) is 0 Å². The maximum atomic E-state index is 14.0. The molecule has 0 radical (unpaired) electrons. The number of benzene rings is 3. The summed E-state index contributed by atoms with van der Waals surface area (Å²) in [5.74, 6) is 0.0357. The Balaban J connectivity index is 1.06. The van der Waals surface area contributed by atoms with Crippen LogP contribution in [0.4, 0.5) is 11.4 Å². The zero-order valence-electron chi connectivity index (χ0n) is 24.2. The van der Waals surface area contributed by atoms with Gasteiger partial charge in [-0.15, -0.1) is 11.8 Å². The van der Waals surface area contributed by atoms with E-state index >= 15 is 0 Å². The SMILES string of the molecule is COc1ccc(N2C(=O)C3C(C2=O)[C@@H]2C[C@H]3C3Sc4[nH]c(=O)sc4[C@H](c4ccc(OCC(=O)Nc5ccccc5)cc4)C32)cc1. The summed E-state index contributed by atoms with van der Waals surface area (Å²) in [6.45, 7) is -0.129. The van der Waals surface area contributed by atoms with E-state index in [0.717, 1.165) is 21.9 Å². The van der Waals surface area contributed by atoms with Gasteiger partial charge in [0.2, 0.25) is 11.8 Å². The minimum absolute atomic E-state index is 0.0187. The number of nitrogens with zero attached hydrogens (tertiary/aromatic N) is 1. The molecule has 4 aromatic rings. The van der Waals surface area contributed by atoms with Crippen molar-refractivity contribution in [2.24, 2.45) is 29.6 Å². The molecule has 3 aromatic carbocycles. The molecule has 3 heterocycles. The molecule has 1 saturated heterocycles. The van der Waals surface area contributed by atoms with Crippen molar-refractivity contribution in [3.05, 3.63) is 99.0 Å². The Morgan fingerprint density at radius 3 is 2.31 bits per heavy atom. The van der Waals surface area contributed by atoms with Gasteiger partial charge in [-0.2, -0.15) is 0 Å². The fourth-order valence-corrected chi connectivity index (χ4v) is 10.9. The maximum absolute atomic E-state index is 14.0. The average molecular weight is 640 g/mol. The van der Waals surface area contributed by atoms with Crippen LogP contribution in [0.25, 0.3) is 0 Å². The Hall–Kier alpha value is -4.35. The second-order valence-electron chi connectivity index (χ2n) is 11.9. The molecule has 0 spiro atoms. The van der Waals surface area contributed by atoms with E-state index in [2.05, 4.69) is 10.3 Å². The van der Waals surface area contributed by atoms with Crippen molar-refractivity contribution in [2.45, 2.75) is 22.6 Å². The van der Waals surface area contributed by atoms with Crippen LogP contribution in [0.3, 0.4) is 0 Å². The number of hydrogen-bond donors (Lipinski definition) is 2. The highest BCUT2D eigenvalue weighted by molar-refractivity contribution is 8.00. The van der Waals surface area contributed by atoms with Crippen LogP contribution in [0.15, 0.2) is 88.7 Å². The van der Waals surface area contributed by atoms with Crippen LogP contribution in [0.1, 0.15) is 22.8 Å². The number of amides is 3. The molecule has 7 atom stereocenters. The highest BCUT2D eigenvalue weighted by atomic mass is 32.2. The standard InChI is InChI=1S/C34H29N3O6S2/c1-42-20-13-9-19(10-14-20)37-32(39)27-22-15-23(28(27)33(37)40)29-26(22)25(30-31(44-29)36-34(41)45-30)17-7-11-21(12-8-17)43-16-24(38)35-18-5-3-2-4-6-18/h2-14,22-23,25-29H,15-16H2,1H3,(H,35,38)(H,36,41)/t22-,23-,25-,26?,27?,28?,29?/m1/s1. The topological polar surface area (TPSA) is 118 Å². The van der Waals surface area contributed by atoms with E-state index in [-0.39, 0.29) is 70.0 Å². The van der Waals surface area contributed by atoms with E-state index in [9.17, 15) is 19.2 Å².